The molecule has 0 radical (unpaired) electrons. The van der Waals surface area contributed by atoms with Gasteiger partial charge in [-0.3, -0.25) is 4.79 Å². The lowest BCUT2D eigenvalue weighted by molar-refractivity contribution is -0.122. The summed E-state index contributed by atoms with van der Waals surface area (Å²) in [6.07, 6.45) is -2.55. The van der Waals surface area contributed by atoms with E-state index in [9.17, 15) is 15.0 Å². The zero-order valence-corrected chi connectivity index (χ0v) is 16.8. The molecule has 0 saturated carbocycles. The summed E-state index contributed by atoms with van der Waals surface area (Å²) in [5.41, 5.74) is 3.09. The summed E-state index contributed by atoms with van der Waals surface area (Å²) in [5, 5.41) is 24.6. The molecule has 2 aromatic rings. The molecule has 154 valence electrons. The smallest absolute Gasteiger partial charge is 0.229 e. The molecule has 0 unspecified atom stereocenters. The summed E-state index contributed by atoms with van der Waals surface area (Å²) < 4.78 is 5.83. The van der Waals surface area contributed by atoms with Gasteiger partial charge < -0.3 is 25.2 Å². The second kappa shape index (κ2) is 8.81. The van der Waals surface area contributed by atoms with E-state index >= 15 is 0 Å². The molecular weight excluding hydrogens is 392 g/mol. The molecule has 2 aliphatic rings. The second-order valence-corrected chi connectivity index (χ2v) is 8.02. The maximum Gasteiger partial charge on any atom is 0.229 e. The number of fused-ring (bicyclic) bond motifs is 1. The maximum absolute atomic E-state index is 12.8. The Labute approximate surface area is 175 Å². The number of aliphatic hydroxyl groups is 2. The van der Waals surface area contributed by atoms with E-state index in [-0.39, 0.29) is 12.3 Å². The van der Waals surface area contributed by atoms with Gasteiger partial charge in [0.25, 0.3) is 0 Å². The highest BCUT2D eigenvalue weighted by atomic mass is 35.5. The van der Waals surface area contributed by atoms with Crippen molar-refractivity contribution in [1.29, 1.82) is 0 Å². The molecule has 0 aromatic heterocycles. The number of hydrogen-bond acceptors (Lipinski definition) is 5. The Kier molecular flexibility index (Phi) is 6.18. The van der Waals surface area contributed by atoms with Gasteiger partial charge in [-0.1, -0.05) is 41.9 Å². The molecule has 0 bridgehead atoms. The first kappa shape index (κ1) is 20.3. The number of nitrogens with one attached hydrogen (secondary N) is 1. The van der Waals surface area contributed by atoms with E-state index in [1.807, 2.05) is 48.5 Å². The molecule has 1 amide bonds. The average molecular weight is 417 g/mol. The van der Waals surface area contributed by atoms with Gasteiger partial charge in [-0.2, -0.15) is 0 Å². The maximum atomic E-state index is 12.8. The van der Waals surface area contributed by atoms with Crippen molar-refractivity contribution in [3.63, 3.8) is 0 Å². The molecule has 1 saturated heterocycles. The zero-order valence-electron chi connectivity index (χ0n) is 16.0. The van der Waals surface area contributed by atoms with Gasteiger partial charge >= 0.3 is 0 Å². The summed E-state index contributed by atoms with van der Waals surface area (Å²) >= 11 is 5.98. The van der Waals surface area contributed by atoms with Gasteiger partial charge in [0.1, 0.15) is 12.2 Å². The molecule has 2 heterocycles. The summed E-state index contributed by atoms with van der Waals surface area (Å²) in [4.78, 5) is 14.5. The van der Waals surface area contributed by atoms with Crippen molar-refractivity contribution in [3.8, 4) is 0 Å². The van der Waals surface area contributed by atoms with Crippen LogP contribution in [-0.2, 0) is 22.5 Å². The largest absolute Gasteiger partial charge is 0.388 e. The lowest BCUT2D eigenvalue weighted by Crippen LogP contribution is -2.38. The third kappa shape index (κ3) is 4.47. The molecular formula is C22H25ClN2O4. The molecule has 2 aromatic carbocycles. The second-order valence-electron chi connectivity index (χ2n) is 7.58. The lowest BCUT2D eigenvalue weighted by atomic mass is 10.0. The van der Waals surface area contributed by atoms with E-state index in [0.717, 1.165) is 23.2 Å². The van der Waals surface area contributed by atoms with Crippen LogP contribution in [0.4, 0.5) is 5.69 Å². The summed E-state index contributed by atoms with van der Waals surface area (Å²) in [5.74, 6) is -0.0984. The predicted molar refractivity (Wildman–Crippen MR) is 111 cm³/mol. The number of rotatable bonds is 6. The van der Waals surface area contributed by atoms with E-state index < -0.39 is 24.4 Å². The van der Waals surface area contributed by atoms with Gasteiger partial charge in [0, 0.05) is 30.3 Å². The van der Waals surface area contributed by atoms with Crippen LogP contribution in [0.3, 0.4) is 0 Å². The van der Waals surface area contributed by atoms with Gasteiger partial charge in [-0.25, -0.2) is 0 Å². The van der Waals surface area contributed by atoms with Crippen molar-refractivity contribution < 1.29 is 19.7 Å². The van der Waals surface area contributed by atoms with Crippen LogP contribution in [-0.4, -0.2) is 53.6 Å². The third-order valence-electron chi connectivity index (χ3n) is 5.59. The number of benzene rings is 2. The number of para-hydroxylation sites is 1. The number of carbonyl (C=O) groups is 1. The molecule has 29 heavy (non-hydrogen) atoms. The van der Waals surface area contributed by atoms with E-state index in [0.29, 0.717) is 24.7 Å². The fourth-order valence-electron chi connectivity index (χ4n) is 4.05. The first-order valence-electron chi connectivity index (χ1n) is 9.88. The minimum absolute atomic E-state index is 0.0390. The highest BCUT2D eigenvalue weighted by Crippen LogP contribution is 2.30. The number of hydrogen-bond donors (Lipinski definition) is 3. The van der Waals surface area contributed by atoms with Crippen molar-refractivity contribution in [3.05, 3.63) is 64.7 Å². The number of aliphatic hydroxyl groups excluding tert-OH is 2. The normalized spacial score (nSPS) is 26.0. The lowest BCUT2D eigenvalue weighted by Gasteiger charge is -2.21. The molecule has 0 aliphatic carbocycles. The fourth-order valence-corrected chi connectivity index (χ4v) is 4.26. The first-order valence-corrected chi connectivity index (χ1v) is 10.3. The number of anilines is 1. The van der Waals surface area contributed by atoms with E-state index in [1.54, 1.807) is 4.90 Å². The first-order chi connectivity index (χ1) is 14.0. The summed E-state index contributed by atoms with van der Waals surface area (Å²) in [6.45, 7) is 1.56. The molecule has 0 spiro atoms. The van der Waals surface area contributed by atoms with Crippen molar-refractivity contribution in [2.24, 2.45) is 0 Å². The molecule has 4 atom stereocenters. The number of carbonyl (C=O) groups excluding carboxylic acids is 1. The highest BCUT2D eigenvalue weighted by molar-refractivity contribution is 6.30. The van der Waals surface area contributed by atoms with Crippen LogP contribution in [0, 0.1) is 0 Å². The number of nitrogens with zero attached hydrogens (tertiary/aromatic N) is 1. The Morgan fingerprint density at radius 3 is 2.76 bits per heavy atom. The molecule has 3 N–H and O–H groups in total. The van der Waals surface area contributed by atoms with Crippen LogP contribution in [0.5, 0.6) is 0 Å². The van der Waals surface area contributed by atoms with Crippen LogP contribution in [0.15, 0.2) is 48.5 Å². The number of halogens is 1. The van der Waals surface area contributed by atoms with Crippen LogP contribution in [0.25, 0.3) is 0 Å². The SMILES string of the molecule is O=C(C[C@H]1O[C@H](CNCc2cccc(Cl)c2)[C@@H](O)[C@H]1O)N1CCc2ccccc21. The average Bonchev–Trinajstić information content (AvgIpc) is 3.25. The van der Waals surface area contributed by atoms with Crippen LogP contribution >= 0.6 is 11.6 Å². The third-order valence-corrected chi connectivity index (χ3v) is 5.82. The van der Waals surface area contributed by atoms with E-state index in [1.165, 1.54) is 0 Å². The zero-order chi connectivity index (χ0) is 20.4. The van der Waals surface area contributed by atoms with E-state index in [4.69, 9.17) is 16.3 Å². The fraction of sp³-hybridized carbons (Fsp3) is 0.409. The molecule has 1 fully saturated rings. The minimum Gasteiger partial charge on any atom is -0.388 e. The van der Waals surface area contributed by atoms with Gasteiger partial charge in [0.05, 0.1) is 18.6 Å². The van der Waals surface area contributed by atoms with Crippen molar-refractivity contribution >= 4 is 23.2 Å². The highest BCUT2D eigenvalue weighted by Gasteiger charge is 2.43. The van der Waals surface area contributed by atoms with E-state index in [2.05, 4.69) is 5.32 Å². The van der Waals surface area contributed by atoms with Gasteiger partial charge in [-0.05, 0) is 35.7 Å². The minimum atomic E-state index is -1.09. The molecule has 2 aliphatic heterocycles. The van der Waals surface area contributed by atoms with Crippen LogP contribution in [0.2, 0.25) is 5.02 Å². The van der Waals surface area contributed by atoms with Crippen LogP contribution < -0.4 is 10.2 Å². The summed E-state index contributed by atoms with van der Waals surface area (Å²) in [6, 6.07) is 15.3. The van der Waals surface area contributed by atoms with Crippen molar-refractivity contribution in [2.45, 2.75) is 43.8 Å². The predicted octanol–water partition coefficient (Wildman–Crippen LogP) is 1.90. The topological polar surface area (TPSA) is 82.0 Å². The Bertz CT molecular complexity index is 877. The Hall–Kier alpha value is -1.96. The summed E-state index contributed by atoms with van der Waals surface area (Å²) in [7, 11) is 0. The standard InChI is InChI=1S/C22H25ClN2O4/c23-16-6-3-4-14(10-16)12-24-13-19-22(28)21(27)18(29-19)11-20(26)25-9-8-15-5-1-2-7-17(15)25/h1-7,10,18-19,21-22,24,27-28H,8-9,11-13H2/t18-,19-,21+,22-/m1/s1. The van der Waals surface area contributed by atoms with Crippen LogP contribution in [0.1, 0.15) is 17.5 Å². The Balaban J connectivity index is 1.31. The van der Waals surface area contributed by atoms with Crippen molar-refractivity contribution in [2.75, 3.05) is 18.0 Å². The van der Waals surface area contributed by atoms with Gasteiger partial charge in [0.15, 0.2) is 0 Å². The van der Waals surface area contributed by atoms with Gasteiger partial charge in [-0.15, -0.1) is 0 Å². The Morgan fingerprint density at radius 2 is 1.93 bits per heavy atom. The number of ether oxygens (including phenoxy) is 1. The monoisotopic (exact) mass is 416 g/mol. The molecule has 7 heteroatoms. The Morgan fingerprint density at radius 1 is 1.14 bits per heavy atom. The number of amides is 1. The molecule has 4 rings (SSSR count). The quantitative estimate of drug-likeness (QED) is 0.670. The molecule has 6 nitrogen and oxygen atoms in total. The van der Waals surface area contributed by atoms with Gasteiger partial charge in [0.2, 0.25) is 5.91 Å². The van der Waals surface area contributed by atoms with Crippen molar-refractivity contribution in [1.82, 2.24) is 5.32 Å².